The number of carboxylic acids is 1. The molecule has 0 atom stereocenters. The van der Waals surface area contributed by atoms with Gasteiger partial charge in [-0.3, -0.25) is 0 Å². The molecule has 21 heavy (non-hydrogen) atoms. The van der Waals surface area contributed by atoms with Crippen LogP contribution in [0.3, 0.4) is 0 Å². The van der Waals surface area contributed by atoms with E-state index in [0.717, 1.165) is 6.07 Å². The van der Waals surface area contributed by atoms with Crippen molar-refractivity contribution in [3.05, 3.63) is 23.8 Å². The first kappa shape index (κ1) is 17.4. The Bertz CT molecular complexity index is 625. The number of rotatable bonds is 7. The minimum absolute atomic E-state index is 0.0204. The van der Waals surface area contributed by atoms with E-state index < -0.39 is 21.6 Å². The van der Waals surface area contributed by atoms with Crippen molar-refractivity contribution in [3.8, 4) is 0 Å². The number of nitrogen functional groups attached to an aromatic ring is 1. The summed E-state index contributed by atoms with van der Waals surface area (Å²) in [5, 5.41) is 9.09. The maximum atomic E-state index is 12.2. The predicted octanol–water partition coefficient (Wildman–Crippen LogP) is 1.06. The highest BCUT2D eigenvalue weighted by Gasteiger charge is 2.26. The molecule has 8 heteroatoms. The van der Waals surface area contributed by atoms with E-state index in [1.54, 1.807) is 20.8 Å². The monoisotopic (exact) mass is 316 g/mol. The molecule has 7 nitrogen and oxygen atoms in total. The van der Waals surface area contributed by atoms with E-state index >= 15 is 0 Å². The Morgan fingerprint density at radius 1 is 1.43 bits per heavy atom. The molecule has 0 saturated carbocycles. The van der Waals surface area contributed by atoms with Gasteiger partial charge < -0.3 is 15.6 Å². The van der Waals surface area contributed by atoms with Crippen molar-refractivity contribution in [1.29, 1.82) is 0 Å². The molecule has 0 heterocycles. The number of nitrogens with one attached hydrogen (secondary N) is 1. The van der Waals surface area contributed by atoms with E-state index in [1.807, 2.05) is 0 Å². The molecule has 1 rings (SSSR count). The zero-order valence-corrected chi connectivity index (χ0v) is 13.0. The second-order valence-corrected chi connectivity index (χ2v) is 6.81. The van der Waals surface area contributed by atoms with Crippen molar-refractivity contribution in [2.45, 2.75) is 31.3 Å². The SMILES string of the molecule is CCOC(C)(C)CNS(=O)(=O)c1ccc(N)cc1C(=O)O. The molecular formula is C13H20N2O5S. The van der Waals surface area contributed by atoms with Gasteiger partial charge in [-0.15, -0.1) is 0 Å². The summed E-state index contributed by atoms with van der Waals surface area (Å²) >= 11 is 0. The summed E-state index contributed by atoms with van der Waals surface area (Å²) in [5.74, 6) is -1.35. The van der Waals surface area contributed by atoms with E-state index in [9.17, 15) is 13.2 Å². The standard InChI is InChI=1S/C13H20N2O5S/c1-4-20-13(2,3)8-15-21(18,19)11-6-5-9(14)7-10(11)12(16)17/h5-7,15H,4,8,14H2,1-3H3,(H,16,17). The minimum Gasteiger partial charge on any atom is -0.478 e. The number of nitrogens with two attached hydrogens (primary N) is 1. The number of sulfonamides is 1. The first-order valence-corrected chi connectivity index (χ1v) is 7.84. The summed E-state index contributed by atoms with van der Waals surface area (Å²) in [6.07, 6.45) is 0. The summed E-state index contributed by atoms with van der Waals surface area (Å²) in [4.78, 5) is 10.8. The van der Waals surface area contributed by atoms with Crippen molar-refractivity contribution in [1.82, 2.24) is 4.72 Å². The molecule has 0 spiro atoms. The van der Waals surface area contributed by atoms with Gasteiger partial charge in [-0.2, -0.15) is 0 Å². The van der Waals surface area contributed by atoms with Crippen molar-refractivity contribution in [2.24, 2.45) is 0 Å². The Labute approximate surface area is 124 Å². The van der Waals surface area contributed by atoms with Crippen LogP contribution in [-0.2, 0) is 14.8 Å². The summed E-state index contributed by atoms with van der Waals surface area (Å²) in [5.41, 5.74) is 4.61. The fourth-order valence-electron chi connectivity index (χ4n) is 1.74. The number of hydrogen-bond donors (Lipinski definition) is 3. The third-order valence-corrected chi connectivity index (χ3v) is 4.21. The van der Waals surface area contributed by atoms with Crippen LogP contribution >= 0.6 is 0 Å². The third-order valence-electron chi connectivity index (χ3n) is 2.75. The molecule has 0 amide bonds. The molecule has 0 fully saturated rings. The average Bonchev–Trinajstić information content (AvgIpc) is 2.36. The Balaban J connectivity index is 3.07. The number of ether oxygens (including phenoxy) is 1. The van der Waals surface area contributed by atoms with Crippen molar-refractivity contribution in [2.75, 3.05) is 18.9 Å². The maximum absolute atomic E-state index is 12.2. The average molecular weight is 316 g/mol. The van der Waals surface area contributed by atoms with E-state index in [1.165, 1.54) is 12.1 Å². The Morgan fingerprint density at radius 3 is 2.57 bits per heavy atom. The van der Waals surface area contributed by atoms with E-state index in [-0.39, 0.29) is 22.7 Å². The molecule has 1 aromatic rings. The lowest BCUT2D eigenvalue weighted by atomic mass is 10.1. The minimum atomic E-state index is -3.97. The first-order valence-electron chi connectivity index (χ1n) is 6.35. The molecule has 0 aromatic heterocycles. The van der Waals surface area contributed by atoms with Gasteiger partial charge >= 0.3 is 5.97 Å². The molecule has 0 aliphatic heterocycles. The van der Waals surface area contributed by atoms with Crippen molar-refractivity contribution >= 4 is 21.7 Å². The lowest BCUT2D eigenvalue weighted by Crippen LogP contribution is -2.40. The van der Waals surface area contributed by atoms with Gasteiger partial charge in [0.2, 0.25) is 10.0 Å². The summed E-state index contributed by atoms with van der Waals surface area (Å²) in [6, 6.07) is 3.63. The van der Waals surface area contributed by atoms with Crippen LogP contribution in [0.15, 0.2) is 23.1 Å². The van der Waals surface area contributed by atoms with Crippen molar-refractivity contribution < 1.29 is 23.1 Å². The highest BCUT2D eigenvalue weighted by atomic mass is 32.2. The Morgan fingerprint density at radius 2 is 2.05 bits per heavy atom. The maximum Gasteiger partial charge on any atom is 0.337 e. The number of anilines is 1. The molecule has 1 aromatic carbocycles. The Hall–Kier alpha value is -1.64. The van der Waals surface area contributed by atoms with Gasteiger partial charge in [-0.25, -0.2) is 17.9 Å². The molecule has 0 bridgehead atoms. The van der Waals surface area contributed by atoms with Crippen LogP contribution < -0.4 is 10.5 Å². The van der Waals surface area contributed by atoms with Crippen LogP contribution in [0.2, 0.25) is 0 Å². The van der Waals surface area contributed by atoms with Crippen LogP contribution in [0.25, 0.3) is 0 Å². The zero-order chi connectivity index (χ0) is 16.3. The number of carbonyl (C=O) groups is 1. The van der Waals surface area contributed by atoms with Crippen LogP contribution in [0, 0.1) is 0 Å². The lowest BCUT2D eigenvalue weighted by Gasteiger charge is -2.25. The topological polar surface area (TPSA) is 119 Å². The normalized spacial score (nSPS) is 12.3. The second-order valence-electron chi connectivity index (χ2n) is 5.08. The van der Waals surface area contributed by atoms with Gasteiger partial charge in [0.15, 0.2) is 0 Å². The number of hydrogen-bond acceptors (Lipinski definition) is 5. The van der Waals surface area contributed by atoms with E-state index in [2.05, 4.69) is 4.72 Å². The Kier molecular flexibility index (Phi) is 5.32. The van der Waals surface area contributed by atoms with Gasteiger partial charge in [0.1, 0.15) is 0 Å². The van der Waals surface area contributed by atoms with Crippen LogP contribution in [0.4, 0.5) is 5.69 Å². The van der Waals surface area contributed by atoms with Gasteiger partial charge in [0.25, 0.3) is 0 Å². The highest BCUT2D eigenvalue weighted by Crippen LogP contribution is 2.19. The van der Waals surface area contributed by atoms with E-state index in [4.69, 9.17) is 15.6 Å². The molecule has 0 aliphatic rings. The van der Waals surface area contributed by atoms with Crippen molar-refractivity contribution in [3.63, 3.8) is 0 Å². The molecule has 0 unspecified atom stereocenters. The fourth-order valence-corrected chi connectivity index (χ4v) is 3.11. The fraction of sp³-hybridized carbons (Fsp3) is 0.462. The van der Waals surface area contributed by atoms with Gasteiger partial charge in [0, 0.05) is 18.8 Å². The number of carboxylic acid groups (broad SMARTS) is 1. The largest absolute Gasteiger partial charge is 0.478 e. The van der Waals surface area contributed by atoms with E-state index in [0.29, 0.717) is 6.61 Å². The zero-order valence-electron chi connectivity index (χ0n) is 12.2. The molecule has 4 N–H and O–H groups in total. The van der Waals surface area contributed by atoms with Crippen LogP contribution in [0.1, 0.15) is 31.1 Å². The summed E-state index contributed by atoms with van der Waals surface area (Å²) in [6.45, 7) is 5.74. The molecule has 0 saturated heterocycles. The van der Waals surface area contributed by atoms with Gasteiger partial charge in [-0.1, -0.05) is 0 Å². The molecule has 0 radical (unpaired) electrons. The smallest absolute Gasteiger partial charge is 0.337 e. The van der Waals surface area contributed by atoms with Crippen LogP contribution in [0.5, 0.6) is 0 Å². The third kappa shape index (κ3) is 4.69. The summed E-state index contributed by atoms with van der Waals surface area (Å²) < 4.78 is 32.3. The molecular weight excluding hydrogens is 296 g/mol. The second kappa shape index (κ2) is 6.42. The quantitative estimate of drug-likeness (QED) is 0.647. The number of aromatic carboxylic acids is 1. The van der Waals surface area contributed by atoms with Gasteiger partial charge in [-0.05, 0) is 39.0 Å². The van der Waals surface area contributed by atoms with Crippen LogP contribution in [-0.4, -0.2) is 38.2 Å². The first-order chi connectivity index (χ1) is 9.59. The lowest BCUT2D eigenvalue weighted by molar-refractivity contribution is -0.00515. The van der Waals surface area contributed by atoms with Gasteiger partial charge in [0.05, 0.1) is 16.1 Å². The molecule has 0 aliphatic carbocycles. The summed E-state index contributed by atoms with van der Waals surface area (Å²) in [7, 11) is -3.97. The molecule has 118 valence electrons. The number of benzene rings is 1. The highest BCUT2D eigenvalue weighted by molar-refractivity contribution is 7.89. The predicted molar refractivity (Wildman–Crippen MR) is 78.7 cm³/mol.